The fourth-order valence-corrected chi connectivity index (χ4v) is 0.909. The Hall–Kier alpha value is -1.45. The van der Waals surface area contributed by atoms with Crippen molar-refractivity contribution in [2.24, 2.45) is 4.99 Å². The van der Waals surface area contributed by atoms with Gasteiger partial charge in [0.15, 0.2) is 5.78 Å². The first-order valence-corrected chi connectivity index (χ1v) is 2.95. The van der Waals surface area contributed by atoms with Gasteiger partial charge in [-0.15, -0.1) is 0 Å². The van der Waals surface area contributed by atoms with Crippen LogP contribution in [0.25, 0.3) is 0 Å². The number of hydrogen-bond donors (Lipinski definition) is 1. The van der Waals surface area contributed by atoms with Crippen molar-refractivity contribution in [3.05, 3.63) is 11.9 Å². The lowest BCUT2D eigenvalue weighted by atomic mass is 10.2. The molecule has 0 amide bonds. The average Bonchev–Trinajstić information content (AvgIpc) is 2.33. The normalized spacial score (nSPS) is 15.4. The highest BCUT2D eigenvalue weighted by molar-refractivity contribution is 6.29. The van der Waals surface area contributed by atoms with Crippen LogP contribution in [-0.2, 0) is 11.2 Å². The third-order valence-corrected chi connectivity index (χ3v) is 1.39. The minimum Gasteiger partial charge on any atom is -0.293 e. The minimum absolute atomic E-state index is 0.0248. The molecule has 4 nitrogen and oxygen atoms in total. The van der Waals surface area contributed by atoms with Gasteiger partial charge in [0.2, 0.25) is 0 Å². The van der Waals surface area contributed by atoms with E-state index in [1.165, 1.54) is 6.21 Å². The molecule has 1 aromatic heterocycles. The van der Waals surface area contributed by atoms with E-state index in [1.807, 2.05) is 0 Å². The number of aromatic nitrogens is 2. The number of rotatable bonds is 0. The average molecular weight is 135 g/mol. The van der Waals surface area contributed by atoms with Gasteiger partial charge in [-0.05, 0) is 0 Å². The molecule has 0 saturated heterocycles. The van der Waals surface area contributed by atoms with E-state index in [4.69, 9.17) is 0 Å². The van der Waals surface area contributed by atoms with E-state index in [2.05, 4.69) is 15.2 Å². The molecule has 1 aliphatic heterocycles. The maximum absolute atomic E-state index is 10.7. The maximum atomic E-state index is 10.7. The smallest absolute Gasteiger partial charge is 0.179 e. The third-order valence-electron chi connectivity index (χ3n) is 1.39. The number of carbonyl (C=O) groups excluding carboxylic acids is 1. The predicted molar refractivity (Wildman–Crippen MR) is 35.5 cm³/mol. The molecule has 0 fully saturated rings. The highest BCUT2D eigenvalue weighted by atomic mass is 16.1. The summed E-state index contributed by atoms with van der Waals surface area (Å²) in [5.74, 6) is 0.0248. The van der Waals surface area contributed by atoms with Crippen molar-refractivity contribution in [1.29, 1.82) is 0 Å². The minimum atomic E-state index is 0.0248. The molecular weight excluding hydrogens is 130 g/mol. The van der Waals surface area contributed by atoms with Crippen LogP contribution >= 0.6 is 0 Å². The molecule has 0 bridgehead atoms. The topological polar surface area (TPSA) is 58.1 Å². The molecule has 0 radical (unpaired) electrons. The van der Waals surface area contributed by atoms with Crippen molar-refractivity contribution in [1.82, 2.24) is 10.2 Å². The Morgan fingerprint density at radius 1 is 1.60 bits per heavy atom. The lowest BCUT2D eigenvalue weighted by Crippen LogP contribution is -2.07. The van der Waals surface area contributed by atoms with Crippen LogP contribution in [0.1, 0.15) is 5.69 Å². The van der Waals surface area contributed by atoms with Gasteiger partial charge >= 0.3 is 0 Å². The van der Waals surface area contributed by atoms with Gasteiger partial charge in [0, 0.05) is 0 Å². The quantitative estimate of drug-likeness (QED) is 0.553. The van der Waals surface area contributed by atoms with Crippen molar-refractivity contribution in [2.45, 2.75) is 6.42 Å². The highest BCUT2D eigenvalue weighted by Gasteiger charge is 2.12. The lowest BCUT2D eigenvalue weighted by Gasteiger charge is -1.99. The van der Waals surface area contributed by atoms with Crippen molar-refractivity contribution in [3.8, 4) is 0 Å². The molecule has 0 aromatic carbocycles. The Kier molecular flexibility index (Phi) is 0.943. The largest absolute Gasteiger partial charge is 0.293 e. The number of aromatic amines is 1. The van der Waals surface area contributed by atoms with Gasteiger partial charge in [-0.25, -0.2) is 4.99 Å². The number of ketones is 1. The molecule has 1 N–H and O–H groups in total. The summed E-state index contributed by atoms with van der Waals surface area (Å²) in [6, 6.07) is 0. The van der Waals surface area contributed by atoms with E-state index in [0.29, 0.717) is 6.42 Å². The van der Waals surface area contributed by atoms with E-state index >= 15 is 0 Å². The molecular formula is C6H5N3O. The van der Waals surface area contributed by atoms with Crippen LogP contribution in [0.3, 0.4) is 0 Å². The summed E-state index contributed by atoms with van der Waals surface area (Å²) in [6.45, 7) is 0. The lowest BCUT2D eigenvalue weighted by molar-refractivity contribution is -0.112. The number of fused-ring (bicyclic) bond motifs is 1. The van der Waals surface area contributed by atoms with E-state index in [1.54, 1.807) is 6.20 Å². The van der Waals surface area contributed by atoms with Gasteiger partial charge in [-0.3, -0.25) is 9.89 Å². The van der Waals surface area contributed by atoms with Crippen LogP contribution in [-0.4, -0.2) is 22.2 Å². The second kappa shape index (κ2) is 1.76. The Morgan fingerprint density at radius 3 is 3.40 bits per heavy atom. The SMILES string of the molecule is O=C1C=Nc2cn[nH]c2C1. The summed E-state index contributed by atoms with van der Waals surface area (Å²) in [7, 11) is 0. The first kappa shape index (κ1) is 5.34. The maximum Gasteiger partial charge on any atom is 0.179 e. The molecule has 0 spiro atoms. The molecule has 10 heavy (non-hydrogen) atoms. The van der Waals surface area contributed by atoms with Gasteiger partial charge < -0.3 is 0 Å². The standard InChI is InChI=1S/C6H5N3O/c10-4-1-5-6(7-2-4)3-8-9-5/h2-3H,1H2,(H,8,9). The first-order valence-electron chi connectivity index (χ1n) is 2.95. The van der Waals surface area contributed by atoms with E-state index in [9.17, 15) is 4.79 Å². The molecule has 0 unspecified atom stereocenters. The molecule has 1 aliphatic rings. The Morgan fingerprint density at radius 2 is 2.50 bits per heavy atom. The van der Waals surface area contributed by atoms with Gasteiger partial charge in [-0.1, -0.05) is 0 Å². The molecule has 2 rings (SSSR count). The second-order valence-electron chi connectivity index (χ2n) is 2.14. The van der Waals surface area contributed by atoms with Crippen molar-refractivity contribution >= 4 is 17.7 Å². The van der Waals surface area contributed by atoms with Gasteiger partial charge in [0.05, 0.1) is 24.5 Å². The highest BCUT2D eigenvalue weighted by Crippen LogP contribution is 2.18. The number of H-pyrrole nitrogens is 1. The Balaban J connectivity index is 2.52. The summed E-state index contributed by atoms with van der Waals surface area (Å²) in [5.41, 5.74) is 1.59. The molecule has 0 atom stereocenters. The summed E-state index contributed by atoms with van der Waals surface area (Å²) in [6.07, 6.45) is 3.34. The predicted octanol–water partition coefficient (Wildman–Crippen LogP) is 0.237. The molecule has 4 heteroatoms. The van der Waals surface area contributed by atoms with E-state index in [-0.39, 0.29) is 5.78 Å². The number of nitrogens with zero attached hydrogens (tertiary/aromatic N) is 2. The summed E-state index contributed by atoms with van der Waals surface area (Å²) in [5, 5.41) is 6.45. The zero-order valence-corrected chi connectivity index (χ0v) is 5.16. The van der Waals surface area contributed by atoms with E-state index in [0.717, 1.165) is 11.4 Å². The van der Waals surface area contributed by atoms with Crippen molar-refractivity contribution < 1.29 is 4.79 Å². The fraction of sp³-hybridized carbons (Fsp3) is 0.167. The number of carbonyl (C=O) groups is 1. The molecule has 50 valence electrons. The fourth-order valence-electron chi connectivity index (χ4n) is 0.909. The van der Waals surface area contributed by atoms with Gasteiger partial charge in [-0.2, -0.15) is 5.10 Å². The van der Waals surface area contributed by atoms with Crippen LogP contribution in [0.2, 0.25) is 0 Å². The molecule has 0 saturated carbocycles. The van der Waals surface area contributed by atoms with Crippen molar-refractivity contribution in [3.63, 3.8) is 0 Å². The Bertz CT molecular complexity index is 300. The number of Topliss-reactive ketones (excluding diaryl/α,β-unsaturated/α-hetero) is 1. The van der Waals surface area contributed by atoms with Crippen molar-refractivity contribution in [2.75, 3.05) is 0 Å². The summed E-state index contributed by atoms with van der Waals surface area (Å²) < 4.78 is 0. The van der Waals surface area contributed by atoms with Crippen LogP contribution < -0.4 is 0 Å². The van der Waals surface area contributed by atoms with Crippen LogP contribution in [0.5, 0.6) is 0 Å². The van der Waals surface area contributed by atoms with Gasteiger partial charge in [0.1, 0.15) is 5.69 Å². The Labute approximate surface area is 57.0 Å². The van der Waals surface area contributed by atoms with Crippen LogP contribution in [0.4, 0.5) is 5.69 Å². The van der Waals surface area contributed by atoms with Crippen LogP contribution in [0, 0.1) is 0 Å². The zero-order chi connectivity index (χ0) is 6.97. The van der Waals surface area contributed by atoms with Crippen LogP contribution in [0.15, 0.2) is 11.2 Å². The second-order valence-corrected chi connectivity index (χ2v) is 2.14. The summed E-state index contributed by atoms with van der Waals surface area (Å²) >= 11 is 0. The molecule has 2 heterocycles. The monoisotopic (exact) mass is 135 g/mol. The number of nitrogens with one attached hydrogen (secondary N) is 1. The number of aliphatic imine (C=N–C) groups is 1. The number of hydrogen-bond acceptors (Lipinski definition) is 3. The first-order chi connectivity index (χ1) is 4.86. The third kappa shape index (κ3) is 0.655. The summed E-state index contributed by atoms with van der Waals surface area (Å²) in [4.78, 5) is 14.6. The molecule has 1 aromatic rings. The van der Waals surface area contributed by atoms with E-state index < -0.39 is 0 Å². The molecule has 0 aliphatic carbocycles. The zero-order valence-electron chi connectivity index (χ0n) is 5.16. The van der Waals surface area contributed by atoms with Gasteiger partial charge in [0.25, 0.3) is 0 Å².